The van der Waals surface area contributed by atoms with E-state index in [4.69, 9.17) is 28.9 Å². The number of hydrogen-bond donors (Lipinski definition) is 1. The van der Waals surface area contributed by atoms with Crippen molar-refractivity contribution in [1.29, 1.82) is 0 Å². The maximum absolute atomic E-state index is 14.1. The molecule has 20 heavy (non-hydrogen) atoms. The van der Waals surface area contributed by atoms with Crippen LogP contribution in [0.2, 0.25) is 10.0 Å². The smallest absolute Gasteiger partial charge is 0.206 e. The molecule has 2 N–H and O–H groups in total. The van der Waals surface area contributed by atoms with Crippen molar-refractivity contribution in [2.24, 2.45) is 0 Å². The largest absolute Gasteiger partial charge is 0.369 e. The first-order chi connectivity index (χ1) is 9.49. The molecule has 0 atom stereocenters. The Labute approximate surface area is 122 Å². The number of aromatic nitrogens is 2. The number of hydrogen-bond acceptors (Lipinski definition) is 2. The lowest BCUT2D eigenvalue weighted by atomic mass is 10.2. The van der Waals surface area contributed by atoms with Crippen LogP contribution in [0.5, 0.6) is 0 Å². The number of nitrogens with zero attached hydrogens (tertiary/aromatic N) is 2. The van der Waals surface area contributed by atoms with Gasteiger partial charge in [0.15, 0.2) is 5.82 Å². The lowest BCUT2D eigenvalue weighted by Gasteiger charge is -2.08. The van der Waals surface area contributed by atoms with Crippen molar-refractivity contribution in [3.63, 3.8) is 0 Å². The summed E-state index contributed by atoms with van der Waals surface area (Å²) in [4.78, 5) is 3.99. The van der Waals surface area contributed by atoms with E-state index in [0.717, 1.165) is 6.07 Å². The van der Waals surface area contributed by atoms with E-state index in [1.165, 1.54) is 22.8 Å². The van der Waals surface area contributed by atoms with E-state index in [2.05, 4.69) is 4.98 Å². The lowest BCUT2D eigenvalue weighted by molar-refractivity contribution is 0.620. The van der Waals surface area contributed by atoms with E-state index in [-0.39, 0.29) is 27.2 Å². The van der Waals surface area contributed by atoms with Gasteiger partial charge in [0.1, 0.15) is 5.82 Å². The molecule has 1 heterocycles. The molecule has 0 amide bonds. The highest BCUT2D eigenvalue weighted by molar-refractivity contribution is 6.31. The summed E-state index contributed by atoms with van der Waals surface area (Å²) < 4.78 is 28.9. The monoisotopic (exact) mass is 313 g/mol. The van der Waals surface area contributed by atoms with Crippen molar-refractivity contribution in [2.45, 2.75) is 0 Å². The van der Waals surface area contributed by atoms with Gasteiger partial charge in [0, 0.05) is 6.07 Å². The van der Waals surface area contributed by atoms with Crippen molar-refractivity contribution in [3.8, 4) is 5.69 Å². The number of rotatable bonds is 1. The van der Waals surface area contributed by atoms with Crippen molar-refractivity contribution in [1.82, 2.24) is 9.55 Å². The molecule has 0 bridgehead atoms. The van der Waals surface area contributed by atoms with Gasteiger partial charge in [0.2, 0.25) is 5.95 Å². The van der Waals surface area contributed by atoms with Gasteiger partial charge >= 0.3 is 0 Å². The van der Waals surface area contributed by atoms with Crippen LogP contribution in [0.1, 0.15) is 0 Å². The van der Waals surface area contributed by atoms with Crippen LogP contribution < -0.4 is 5.73 Å². The first-order valence-electron chi connectivity index (χ1n) is 5.56. The molecule has 0 fully saturated rings. The number of benzene rings is 2. The van der Waals surface area contributed by atoms with Crippen molar-refractivity contribution in [3.05, 3.63) is 52.0 Å². The van der Waals surface area contributed by atoms with Crippen LogP contribution in [0.4, 0.5) is 14.7 Å². The molecule has 7 heteroatoms. The molecule has 0 saturated heterocycles. The summed E-state index contributed by atoms with van der Waals surface area (Å²) in [6, 6.07) is 6.98. The van der Waals surface area contributed by atoms with Crippen LogP contribution in [-0.4, -0.2) is 9.55 Å². The molecule has 3 rings (SSSR count). The average molecular weight is 314 g/mol. The van der Waals surface area contributed by atoms with E-state index >= 15 is 0 Å². The number of fused-ring (bicyclic) bond motifs is 1. The molecular weight excluding hydrogens is 307 g/mol. The Morgan fingerprint density at radius 1 is 1.10 bits per heavy atom. The Morgan fingerprint density at radius 2 is 1.85 bits per heavy atom. The predicted molar refractivity (Wildman–Crippen MR) is 75.4 cm³/mol. The summed E-state index contributed by atoms with van der Waals surface area (Å²) in [5.41, 5.74) is 6.59. The maximum Gasteiger partial charge on any atom is 0.206 e. The zero-order valence-corrected chi connectivity index (χ0v) is 11.4. The first kappa shape index (κ1) is 13.1. The molecule has 0 aliphatic rings. The summed E-state index contributed by atoms with van der Waals surface area (Å²) in [5.74, 6) is -1.24. The van der Waals surface area contributed by atoms with E-state index in [1.807, 2.05) is 0 Å². The number of anilines is 1. The van der Waals surface area contributed by atoms with Gasteiger partial charge in [-0.05, 0) is 18.2 Å². The quantitative estimate of drug-likeness (QED) is 0.732. The third kappa shape index (κ3) is 1.90. The number of nitrogens with two attached hydrogens (primary N) is 1. The highest BCUT2D eigenvalue weighted by Crippen LogP contribution is 2.30. The third-order valence-electron chi connectivity index (χ3n) is 2.89. The summed E-state index contributed by atoms with van der Waals surface area (Å²) in [5, 5.41) is -0.141. The molecule has 0 unspecified atom stereocenters. The second kappa shape index (κ2) is 4.61. The summed E-state index contributed by atoms with van der Waals surface area (Å²) in [6.07, 6.45) is 0. The van der Waals surface area contributed by atoms with Gasteiger partial charge in [-0.15, -0.1) is 0 Å². The molecule has 0 radical (unpaired) electrons. The van der Waals surface area contributed by atoms with Crippen LogP contribution in [0.25, 0.3) is 16.7 Å². The average Bonchev–Trinajstić information content (AvgIpc) is 2.69. The molecule has 2 aromatic carbocycles. The summed E-state index contributed by atoms with van der Waals surface area (Å²) in [6.45, 7) is 0. The van der Waals surface area contributed by atoms with Crippen molar-refractivity contribution >= 4 is 40.2 Å². The minimum absolute atomic E-state index is 0.0165. The Morgan fingerprint density at radius 3 is 2.60 bits per heavy atom. The fourth-order valence-electron chi connectivity index (χ4n) is 2.01. The van der Waals surface area contributed by atoms with Gasteiger partial charge in [-0.2, -0.15) is 0 Å². The molecule has 3 nitrogen and oxygen atoms in total. The topological polar surface area (TPSA) is 43.8 Å². The molecule has 1 aromatic heterocycles. The lowest BCUT2D eigenvalue weighted by Crippen LogP contribution is -2.03. The Kier molecular flexibility index (Phi) is 3.03. The van der Waals surface area contributed by atoms with Gasteiger partial charge in [-0.1, -0.05) is 29.3 Å². The minimum atomic E-state index is -0.638. The van der Waals surface area contributed by atoms with Gasteiger partial charge in [-0.3, -0.25) is 4.57 Å². The minimum Gasteiger partial charge on any atom is -0.369 e. The fourth-order valence-corrected chi connectivity index (χ4v) is 2.34. The zero-order valence-electron chi connectivity index (χ0n) is 9.87. The van der Waals surface area contributed by atoms with E-state index < -0.39 is 11.6 Å². The predicted octanol–water partition coefficient (Wildman–Crippen LogP) is 4.19. The second-order valence-electron chi connectivity index (χ2n) is 4.13. The SMILES string of the molecule is Nc1nc2cc(F)c(Cl)cc2n1-c1cccc(Cl)c1F. The Hall–Kier alpha value is -1.85. The maximum atomic E-state index is 14.1. The van der Waals surface area contributed by atoms with Crippen LogP contribution in [0.3, 0.4) is 0 Å². The number of halogens is 4. The number of imidazole rings is 1. The standard InChI is InChI=1S/C13H7Cl2F2N3/c14-6-2-1-3-10(12(6)17)20-11-4-7(15)8(16)5-9(11)19-13(20)18/h1-5H,(H2,18,19). The van der Waals surface area contributed by atoms with Gasteiger partial charge in [0.05, 0.1) is 26.8 Å². The molecule has 0 aliphatic carbocycles. The van der Waals surface area contributed by atoms with Crippen LogP contribution >= 0.6 is 23.2 Å². The van der Waals surface area contributed by atoms with Crippen LogP contribution in [0.15, 0.2) is 30.3 Å². The highest BCUT2D eigenvalue weighted by Gasteiger charge is 2.17. The molecule has 0 saturated carbocycles. The van der Waals surface area contributed by atoms with E-state index in [1.54, 1.807) is 6.07 Å². The second-order valence-corrected chi connectivity index (χ2v) is 4.95. The van der Waals surface area contributed by atoms with Gasteiger partial charge in [-0.25, -0.2) is 13.8 Å². The first-order valence-corrected chi connectivity index (χ1v) is 6.32. The van der Waals surface area contributed by atoms with Gasteiger partial charge in [0.25, 0.3) is 0 Å². The molecular formula is C13H7Cl2F2N3. The molecule has 0 spiro atoms. The summed E-state index contributed by atoms with van der Waals surface area (Å²) in [7, 11) is 0. The van der Waals surface area contributed by atoms with E-state index in [9.17, 15) is 8.78 Å². The van der Waals surface area contributed by atoms with Crippen LogP contribution in [0, 0.1) is 11.6 Å². The van der Waals surface area contributed by atoms with Gasteiger partial charge < -0.3 is 5.73 Å². The highest BCUT2D eigenvalue weighted by atomic mass is 35.5. The summed E-state index contributed by atoms with van der Waals surface area (Å²) >= 11 is 11.5. The number of nitrogen functional groups attached to an aromatic ring is 1. The van der Waals surface area contributed by atoms with E-state index in [0.29, 0.717) is 5.52 Å². The molecule has 102 valence electrons. The molecule has 0 aliphatic heterocycles. The normalized spacial score (nSPS) is 11.2. The Bertz CT molecular complexity index is 830. The zero-order chi connectivity index (χ0) is 14.4. The fraction of sp³-hybridized carbons (Fsp3) is 0. The molecule has 3 aromatic rings. The third-order valence-corrected chi connectivity index (χ3v) is 3.48. The van der Waals surface area contributed by atoms with Crippen LogP contribution in [-0.2, 0) is 0 Å². The van der Waals surface area contributed by atoms with Crippen molar-refractivity contribution < 1.29 is 8.78 Å². The van der Waals surface area contributed by atoms with Crippen molar-refractivity contribution in [2.75, 3.05) is 5.73 Å². The Balaban J connectivity index is 2.39.